The van der Waals surface area contributed by atoms with Crippen LogP contribution in [-0.4, -0.2) is 20.9 Å². The Bertz CT molecular complexity index is 1170. The molecule has 8 heteroatoms. The highest BCUT2D eigenvalue weighted by Gasteiger charge is 2.12. The highest BCUT2D eigenvalue weighted by Crippen LogP contribution is 2.32. The first-order valence-electron chi connectivity index (χ1n) is 9.43. The van der Waals surface area contributed by atoms with E-state index in [0.29, 0.717) is 28.5 Å². The van der Waals surface area contributed by atoms with Crippen molar-refractivity contribution in [2.45, 2.75) is 16.5 Å². The Balaban J connectivity index is 1.48. The number of nitrogens with zero attached hydrogens (tertiary/aromatic N) is 3. The van der Waals surface area contributed by atoms with Crippen molar-refractivity contribution >= 4 is 35.0 Å². The summed E-state index contributed by atoms with van der Waals surface area (Å²) >= 11 is 1.54. The van der Waals surface area contributed by atoms with E-state index in [4.69, 9.17) is 0 Å². The van der Waals surface area contributed by atoms with Gasteiger partial charge in [-0.1, -0.05) is 36.0 Å². The Hall–Kier alpha value is -3.78. The number of benzene rings is 1. The zero-order valence-electron chi connectivity index (χ0n) is 16.3. The molecule has 4 aromatic rings. The van der Waals surface area contributed by atoms with Gasteiger partial charge in [-0.2, -0.15) is 0 Å². The van der Waals surface area contributed by atoms with Crippen LogP contribution in [0.3, 0.4) is 0 Å². The second kappa shape index (κ2) is 9.82. The van der Waals surface area contributed by atoms with E-state index in [1.54, 1.807) is 48.4 Å². The third-order valence-corrected chi connectivity index (χ3v) is 5.34. The van der Waals surface area contributed by atoms with Gasteiger partial charge in [0.25, 0.3) is 5.91 Å². The zero-order chi connectivity index (χ0) is 21.5. The summed E-state index contributed by atoms with van der Waals surface area (Å²) in [4.78, 5) is 27.3. The first-order valence-corrected chi connectivity index (χ1v) is 10.2. The van der Waals surface area contributed by atoms with Crippen molar-refractivity contribution < 1.29 is 9.18 Å². The minimum absolute atomic E-state index is 0.283. The van der Waals surface area contributed by atoms with Crippen LogP contribution in [0.4, 0.5) is 21.7 Å². The molecule has 154 valence electrons. The molecule has 4 rings (SSSR count). The number of rotatable bonds is 7. The Labute approximate surface area is 183 Å². The summed E-state index contributed by atoms with van der Waals surface area (Å²) in [6, 6.07) is 18.3. The number of carbonyl (C=O) groups excluding carboxylic acids is 1. The standard InChI is InChI=1S/C23H18FN5OS/c24-13-16-6-7-21(27-14-16)29-22-12-17(8-11-26-22)23(30)28-19-15-25-10-9-20(19)31-18-4-2-1-3-5-18/h1-12,14-15H,13H2,(H,28,30)(H,26,27,29). The first kappa shape index (κ1) is 20.5. The van der Waals surface area contributed by atoms with Gasteiger partial charge < -0.3 is 10.6 Å². The van der Waals surface area contributed by atoms with Gasteiger partial charge in [-0.05, 0) is 36.4 Å². The van der Waals surface area contributed by atoms with Crippen molar-refractivity contribution in [2.75, 3.05) is 10.6 Å². The summed E-state index contributed by atoms with van der Waals surface area (Å²) in [5.74, 6) is 0.684. The van der Waals surface area contributed by atoms with Crippen molar-refractivity contribution in [2.24, 2.45) is 0 Å². The van der Waals surface area contributed by atoms with Crippen molar-refractivity contribution in [1.29, 1.82) is 0 Å². The number of hydrogen-bond acceptors (Lipinski definition) is 6. The largest absolute Gasteiger partial charge is 0.325 e. The molecule has 0 saturated carbocycles. The average Bonchev–Trinajstić information content (AvgIpc) is 2.82. The number of hydrogen-bond donors (Lipinski definition) is 2. The Morgan fingerprint density at radius 3 is 2.58 bits per heavy atom. The molecule has 0 aliphatic heterocycles. The van der Waals surface area contributed by atoms with Gasteiger partial charge in [0.1, 0.15) is 18.3 Å². The topological polar surface area (TPSA) is 79.8 Å². The van der Waals surface area contributed by atoms with Crippen LogP contribution in [0.5, 0.6) is 0 Å². The third-order valence-electron chi connectivity index (χ3n) is 4.26. The lowest BCUT2D eigenvalue weighted by molar-refractivity contribution is 0.102. The fraction of sp³-hybridized carbons (Fsp3) is 0.0435. The molecule has 1 amide bonds. The number of amides is 1. The van der Waals surface area contributed by atoms with E-state index >= 15 is 0 Å². The van der Waals surface area contributed by atoms with Gasteiger partial charge in [0.15, 0.2) is 0 Å². The van der Waals surface area contributed by atoms with Crippen LogP contribution in [0, 0.1) is 0 Å². The Morgan fingerprint density at radius 1 is 0.935 bits per heavy atom. The van der Waals surface area contributed by atoms with Gasteiger partial charge in [0.2, 0.25) is 0 Å². The summed E-state index contributed by atoms with van der Waals surface area (Å²) in [5.41, 5.74) is 1.54. The van der Waals surface area contributed by atoms with E-state index in [1.807, 2.05) is 36.4 Å². The van der Waals surface area contributed by atoms with Crippen LogP contribution in [0.25, 0.3) is 0 Å². The van der Waals surface area contributed by atoms with Crippen molar-refractivity contribution in [1.82, 2.24) is 15.0 Å². The zero-order valence-corrected chi connectivity index (χ0v) is 17.1. The molecule has 6 nitrogen and oxygen atoms in total. The van der Waals surface area contributed by atoms with E-state index in [2.05, 4.69) is 25.6 Å². The summed E-state index contributed by atoms with van der Waals surface area (Å²) in [5, 5.41) is 5.94. The van der Waals surface area contributed by atoms with Crippen LogP contribution in [-0.2, 0) is 6.67 Å². The van der Waals surface area contributed by atoms with Crippen LogP contribution in [0.1, 0.15) is 15.9 Å². The number of alkyl halides is 1. The molecule has 0 fully saturated rings. The minimum Gasteiger partial charge on any atom is -0.325 e. The molecule has 1 aromatic carbocycles. The van der Waals surface area contributed by atoms with Crippen molar-refractivity contribution in [3.05, 3.63) is 96.6 Å². The molecule has 0 radical (unpaired) electrons. The third kappa shape index (κ3) is 5.43. The number of pyridine rings is 3. The highest BCUT2D eigenvalue weighted by atomic mass is 32.2. The summed E-state index contributed by atoms with van der Waals surface area (Å²) < 4.78 is 12.6. The molecule has 0 unspecified atom stereocenters. The number of anilines is 3. The van der Waals surface area contributed by atoms with Crippen LogP contribution in [0.2, 0.25) is 0 Å². The fourth-order valence-corrected chi connectivity index (χ4v) is 3.61. The van der Waals surface area contributed by atoms with Gasteiger partial charge in [0, 0.05) is 39.5 Å². The van der Waals surface area contributed by atoms with Gasteiger partial charge in [-0.15, -0.1) is 0 Å². The summed E-state index contributed by atoms with van der Waals surface area (Å²) in [6.07, 6.45) is 6.31. The summed E-state index contributed by atoms with van der Waals surface area (Å²) in [7, 11) is 0. The van der Waals surface area contributed by atoms with E-state index in [9.17, 15) is 9.18 Å². The van der Waals surface area contributed by atoms with E-state index in [-0.39, 0.29) is 5.91 Å². The van der Waals surface area contributed by atoms with E-state index in [0.717, 1.165) is 9.79 Å². The van der Waals surface area contributed by atoms with Gasteiger partial charge in [0.05, 0.1) is 11.9 Å². The van der Waals surface area contributed by atoms with E-state index < -0.39 is 6.67 Å². The predicted molar refractivity (Wildman–Crippen MR) is 119 cm³/mol. The lowest BCUT2D eigenvalue weighted by Crippen LogP contribution is -2.13. The second-order valence-electron chi connectivity index (χ2n) is 6.48. The maximum absolute atomic E-state index is 12.8. The van der Waals surface area contributed by atoms with Crippen molar-refractivity contribution in [3.8, 4) is 0 Å². The molecule has 0 aliphatic carbocycles. The van der Waals surface area contributed by atoms with Gasteiger partial charge in [-0.25, -0.2) is 14.4 Å². The lowest BCUT2D eigenvalue weighted by atomic mass is 10.2. The maximum atomic E-state index is 12.8. The van der Waals surface area contributed by atoms with Gasteiger partial charge in [-0.3, -0.25) is 9.78 Å². The molecule has 3 aromatic heterocycles. The first-order chi connectivity index (χ1) is 15.2. The number of nitrogens with one attached hydrogen (secondary N) is 2. The highest BCUT2D eigenvalue weighted by molar-refractivity contribution is 7.99. The SMILES string of the molecule is O=C(Nc1cnccc1Sc1ccccc1)c1ccnc(Nc2ccc(CF)cn2)c1. The Kier molecular flexibility index (Phi) is 6.49. The van der Waals surface area contributed by atoms with Gasteiger partial charge >= 0.3 is 0 Å². The molecule has 0 spiro atoms. The normalized spacial score (nSPS) is 10.5. The molecule has 0 bridgehead atoms. The van der Waals surface area contributed by atoms with Crippen LogP contribution in [0.15, 0.2) is 95.2 Å². The fourth-order valence-electron chi connectivity index (χ4n) is 2.72. The quantitative estimate of drug-likeness (QED) is 0.403. The molecule has 0 atom stereocenters. The van der Waals surface area contributed by atoms with Crippen LogP contribution >= 0.6 is 11.8 Å². The molecule has 0 aliphatic rings. The maximum Gasteiger partial charge on any atom is 0.255 e. The lowest BCUT2D eigenvalue weighted by Gasteiger charge is -2.11. The van der Waals surface area contributed by atoms with E-state index in [1.165, 1.54) is 12.4 Å². The molecular weight excluding hydrogens is 413 g/mol. The number of aromatic nitrogens is 3. The smallest absolute Gasteiger partial charge is 0.255 e. The minimum atomic E-state index is -0.569. The number of halogens is 1. The Morgan fingerprint density at radius 2 is 1.81 bits per heavy atom. The monoisotopic (exact) mass is 431 g/mol. The molecule has 31 heavy (non-hydrogen) atoms. The molecular formula is C23H18FN5OS. The molecule has 3 heterocycles. The summed E-state index contributed by atoms with van der Waals surface area (Å²) in [6.45, 7) is -0.569. The predicted octanol–water partition coefficient (Wildman–Crippen LogP) is 5.49. The molecule has 0 saturated heterocycles. The second-order valence-corrected chi connectivity index (χ2v) is 7.60. The molecule has 2 N–H and O–H groups in total. The average molecular weight is 431 g/mol. The van der Waals surface area contributed by atoms with Crippen LogP contribution < -0.4 is 10.6 Å². The number of carbonyl (C=O) groups is 1. The van der Waals surface area contributed by atoms with Crippen molar-refractivity contribution in [3.63, 3.8) is 0 Å².